The summed E-state index contributed by atoms with van der Waals surface area (Å²) in [5, 5.41) is 14.1. The average molecular weight is 217 g/mol. The standard InChI is InChI=1S/C12H15N3O/c1-8(13)12-10(7-15(2)14-12)9-5-3-4-6-11(9)16/h3-8,16H,13H2,1-2H3. The number of rotatable bonds is 2. The van der Waals surface area contributed by atoms with Crippen molar-refractivity contribution in [2.75, 3.05) is 0 Å². The lowest BCUT2D eigenvalue weighted by Gasteiger charge is -2.06. The Labute approximate surface area is 94.3 Å². The fourth-order valence-electron chi connectivity index (χ4n) is 1.75. The van der Waals surface area contributed by atoms with Gasteiger partial charge in [0.2, 0.25) is 0 Å². The highest BCUT2D eigenvalue weighted by Gasteiger charge is 2.15. The summed E-state index contributed by atoms with van der Waals surface area (Å²) < 4.78 is 1.71. The van der Waals surface area contributed by atoms with Crippen LogP contribution >= 0.6 is 0 Å². The molecule has 0 saturated carbocycles. The Morgan fingerprint density at radius 3 is 2.62 bits per heavy atom. The minimum absolute atomic E-state index is 0.157. The topological polar surface area (TPSA) is 64.1 Å². The first-order chi connectivity index (χ1) is 7.59. The van der Waals surface area contributed by atoms with Crippen LogP contribution < -0.4 is 5.73 Å². The van der Waals surface area contributed by atoms with Gasteiger partial charge in [-0.3, -0.25) is 4.68 Å². The maximum Gasteiger partial charge on any atom is 0.123 e. The van der Waals surface area contributed by atoms with Crippen molar-refractivity contribution in [1.29, 1.82) is 0 Å². The molecule has 2 rings (SSSR count). The van der Waals surface area contributed by atoms with E-state index in [2.05, 4.69) is 5.10 Å². The van der Waals surface area contributed by atoms with Crippen LogP contribution in [0.4, 0.5) is 0 Å². The number of phenolic OH excluding ortho intramolecular Hbond substituents is 1. The SMILES string of the molecule is CC(N)c1nn(C)cc1-c1ccccc1O. The van der Waals surface area contributed by atoms with Crippen molar-refractivity contribution >= 4 is 0 Å². The monoisotopic (exact) mass is 217 g/mol. The maximum atomic E-state index is 9.80. The highest BCUT2D eigenvalue weighted by molar-refractivity contribution is 5.71. The highest BCUT2D eigenvalue weighted by Crippen LogP contribution is 2.32. The summed E-state index contributed by atoms with van der Waals surface area (Å²) in [5.74, 6) is 0.248. The lowest BCUT2D eigenvalue weighted by molar-refractivity contribution is 0.477. The van der Waals surface area contributed by atoms with E-state index in [0.29, 0.717) is 0 Å². The van der Waals surface area contributed by atoms with Crippen molar-refractivity contribution in [2.45, 2.75) is 13.0 Å². The Morgan fingerprint density at radius 1 is 1.31 bits per heavy atom. The van der Waals surface area contributed by atoms with Gasteiger partial charge in [0.1, 0.15) is 5.75 Å². The fourth-order valence-corrected chi connectivity index (χ4v) is 1.75. The Morgan fingerprint density at radius 2 is 2.00 bits per heavy atom. The second-order valence-electron chi connectivity index (χ2n) is 3.91. The molecule has 4 heteroatoms. The summed E-state index contributed by atoms with van der Waals surface area (Å²) in [4.78, 5) is 0. The first-order valence-corrected chi connectivity index (χ1v) is 5.17. The molecule has 0 bridgehead atoms. The molecule has 0 radical (unpaired) electrons. The molecule has 0 fully saturated rings. The third-order valence-corrected chi connectivity index (χ3v) is 2.48. The van der Waals surface area contributed by atoms with E-state index < -0.39 is 0 Å². The zero-order valence-corrected chi connectivity index (χ0v) is 9.38. The molecule has 84 valence electrons. The second kappa shape index (κ2) is 3.98. The minimum Gasteiger partial charge on any atom is -0.507 e. The van der Waals surface area contributed by atoms with Crippen LogP contribution in [0.5, 0.6) is 5.75 Å². The largest absolute Gasteiger partial charge is 0.507 e. The molecule has 1 aromatic heterocycles. The van der Waals surface area contributed by atoms with Crippen molar-refractivity contribution in [3.63, 3.8) is 0 Å². The predicted molar refractivity (Wildman–Crippen MR) is 62.9 cm³/mol. The normalized spacial score (nSPS) is 12.7. The molecule has 1 atom stereocenters. The number of phenols is 1. The highest BCUT2D eigenvalue weighted by atomic mass is 16.3. The van der Waals surface area contributed by atoms with E-state index in [1.54, 1.807) is 16.8 Å². The number of para-hydroxylation sites is 1. The van der Waals surface area contributed by atoms with E-state index in [-0.39, 0.29) is 11.8 Å². The molecule has 4 nitrogen and oxygen atoms in total. The van der Waals surface area contributed by atoms with Crippen molar-refractivity contribution in [3.8, 4) is 16.9 Å². The van der Waals surface area contributed by atoms with Crippen molar-refractivity contribution in [2.24, 2.45) is 12.8 Å². The van der Waals surface area contributed by atoms with Crippen LogP contribution in [0.3, 0.4) is 0 Å². The van der Waals surface area contributed by atoms with Crippen molar-refractivity contribution < 1.29 is 5.11 Å². The van der Waals surface area contributed by atoms with Gasteiger partial charge in [-0.25, -0.2) is 0 Å². The predicted octanol–water partition coefficient (Wildman–Crippen LogP) is 1.81. The number of nitrogens with zero attached hydrogens (tertiary/aromatic N) is 2. The van der Waals surface area contributed by atoms with Crippen LogP contribution in [0.25, 0.3) is 11.1 Å². The molecular formula is C12H15N3O. The second-order valence-corrected chi connectivity index (χ2v) is 3.91. The number of hydrogen-bond acceptors (Lipinski definition) is 3. The lowest BCUT2D eigenvalue weighted by Crippen LogP contribution is -2.07. The summed E-state index contributed by atoms with van der Waals surface area (Å²) in [5.41, 5.74) is 8.30. The molecule has 1 unspecified atom stereocenters. The van der Waals surface area contributed by atoms with Crippen molar-refractivity contribution in [1.82, 2.24) is 9.78 Å². The molecule has 0 saturated heterocycles. The summed E-state index contributed by atoms with van der Waals surface area (Å²) in [7, 11) is 1.84. The molecule has 0 aliphatic rings. The first-order valence-electron chi connectivity index (χ1n) is 5.17. The Kier molecular flexibility index (Phi) is 2.66. The minimum atomic E-state index is -0.157. The van der Waals surface area contributed by atoms with Crippen LogP contribution in [0.15, 0.2) is 30.5 Å². The van der Waals surface area contributed by atoms with Crippen LogP contribution in [0.2, 0.25) is 0 Å². The van der Waals surface area contributed by atoms with Crippen LogP contribution in [-0.4, -0.2) is 14.9 Å². The number of aromatic hydroxyl groups is 1. The maximum absolute atomic E-state index is 9.80. The van der Waals surface area contributed by atoms with E-state index in [9.17, 15) is 5.11 Å². The molecule has 1 heterocycles. The molecule has 0 spiro atoms. The van der Waals surface area contributed by atoms with E-state index >= 15 is 0 Å². The number of aromatic nitrogens is 2. The Hall–Kier alpha value is -1.81. The van der Waals surface area contributed by atoms with Gasteiger partial charge in [0.05, 0.1) is 5.69 Å². The zero-order chi connectivity index (χ0) is 11.7. The average Bonchev–Trinajstić information content (AvgIpc) is 2.61. The van der Waals surface area contributed by atoms with Gasteiger partial charge >= 0.3 is 0 Å². The summed E-state index contributed by atoms with van der Waals surface area (Å²) >= 11 is 0. The quantitative estimate of drug-likeness (QED) is 0.806. The fraction of sp³-hybridized carbons (Fsp3) is 0.250. The first kappa shape index (κ1) is 10.7. The third kappa shape index (κ3) is 1.79. The summed E-state index contributed by atoms with van der Waals surface area (Å²) in [6, 6.07) is 7.04. The summed E-state index contributed by atoms with van der Waals surface area (Å²) in [6.07, 6.45) is 1.87. The number of hydrogen-bond donors (Lipinski definition) is 2. The van der Waals surface area contributed by atoms with Gasteiger partial charge in [0.15, 0.2) is 0 Å². The van der Waals surface area contributed by atoms with Gasteiger partial charge in [-0.2, -0.15) is 5.10 Å². The van der Waals surface area contributed by atoms with E-state index in [1.807, 2.05) is 32.3 Å². The zero-order valence-electron chi connectivity index (χ0n) is 9.38. The Bertz CT molecular complexity index is 503. The van der Waals surface area contributed by atoms with Gasteiger partial charge in [-0.1, -0.05) is 18.2 Å². The molecule has 0 aliphatic heterocycles. The van der Waals surface area contributed by atoms with Gasteiger partial charge in [-0.05, 0) is 13.0 Å². The smallest absolute Gasteiger partial charge is 0.123 e. The van der Waals surface area contributed by atoms with Crippen LogP contribution in [0.1, 0.15) is 18.7 Å². The van der Waals surface area contributed by atoms with Gasteiger partial charge in [-0.15, -0.1) is 0 Å². The number of aryl methyl sites for hydroxylation is 1. The molecule has 2 aromatic rings. The van der Waals surface area contributed by atoms with E-state index in [4.69, 9.17) is 5.73 Å². The molecular weight excluding hydrogens is 202 g/mol. The lowest BCUT2D eigenvalue weighted by atomic mass is 10.0. The molecule has 0 amide bonds. The molecule has 3 N–H and O–H groups in total. The molecule has 16 heavy (non-hydrogen) atoms. The third-order valence-electron chi connectivity index (χ3n) is 2.48. The number of benzene rings is 1. The van der Waals surface area contributed by atoms with Crippen LogP contribution in [0, 0.1) is 0 Å². The molecule has 0 aliphatic carbocycles. The van der Waals surface area contributed by atoms with Gasteiger partial charge < -0.3 is 10.8 Å². The van der Waals surface area contributed by atoms with Gasteiger partial charge in [0, 0.05) is 30.4 Å². The van der Waals surface area contributed by atoms with Crippen LogP contribution in [-0.2, 0) is 7.05 Å². The van der Waals surface area contributed by atoms with Gasteiger partial charge in [0.25, 0.3) is 0 Å². The summed E-state index contributed by atoms with van der Waals surface area (Å²) in [6.45, 7) is 1.88. The van der Waals surface area contributed by atoms with E-state index in [0.717, 1.165) is 16.8 Å². The van der Waals surface area contributed by atoms with E-state index in [1.165, 1.54) is 0 Å². The van der Waals surface area contributed by atoms with Crippen molar-refractivity contribution in [3.05, 3.63) is 36.2 Å². The number of nitrogens with two attached hydrogens (primary N) is 1. The molecule has 1 aromatic carbocycles. The Balaban J connectivity index is 2.60.